The zero-order valence-corrected chi connectivity index (χ0v) is 20.7. The second-order valence-corrected chi connectivity index (χ2v) is 10.0. The Bertz CT molecular complexity index is 514. The van der Waals surface area contributed by atoms with Gasteiger partial charge in [0.25, 0.3) is 0 Å². The number of hydrogen-bond donors (Lipinski definition) is 4. The van der Waals surface area contributed by atoms with E-state index in [1.54, 1.807) is 12.0 Å². The van der Waals surface area contributed by atoms with Crippen LogP contribution in [0.5, 0.6) is 0 Å². The van der Waals surface area contributed by atoms with Crippen molar-refractivity contribution in [2.45, 2.75) is 96.7 Å². The number of likely N-dealkylation sites (tertiary alicyclic amines) is 1. The third-order valence-electron chi connectivity index (χ3n) is 6.17. The number of carbonyl (C=O) groups is 1. The minimum atomic E-state index is -0.906. The van der Waals surface area contributed by atoms with Crippen molar-refractivity contribution in [3.05, 3.63) is 0 Å². The Kier molecular flexibility index (Phi) is 13.9. The van der Waals surface area contributed by atoms with Gasteiger partial charge in [-0.25, -0.2) is 0 Å². The summed E-state index contributed by atoms with van der Waals surface area (Å²) < 4.78 is 11.0. The predicted molar refractivity (Wildman–Crippen MR) is 123 cm³/mol. The monoisotopic (exact) mass is 461 g/mol. The van der Waals surface area contributed by atoms with Gasteiger partial charge in [-0.15, -0.1) is 0 Å². The summed E-state index contributed by atoms with van der Waals surface area (Å²) in [5.74, 6) is 0.353. The molecule has 1 amide bonds. The quantitative estimate of drug-likeness (QED) is 0.365. The van der Waals surface area contributed by atoms with Gasteiger partial charge in [-0.3, -0.25) is 4.79 Å². The summed E-state index contributed by atoms with van der Waals surface area (Å²) in [5.41, 5.74) is 0. The van der Waals surface area contributed by atoms with Gasteiger partial charge in [0.05, 0.1) is 37.1 Å². The van der Waals surface area contributed by atoms with Crippen molar-refractivity contribution in [2.75, 3.05) is 33.5 Å². The minimum Gasteiger partial charge on any atom is -0.396 e. The fraction of sp³-hybridized carbons (Fsp3) is 0.958. The Labute approximate surface area is 193 Å². The normalized spacial score (nSPS) is 32.7. The minimum absolute atomic E-state index is 0.0372. The van der Waals surface area contributed by atoms with E-state index in [0.29, 0.717) is 39.0 Å². The SMILES string of the molecule is CC(C)C.COC[C@@H]1C[C@@H](O)CN1C(=O)CCCCCO[C@@H]1CC(CO)[C@H](O)[C@H](O)C1C. The molecule has 7 atom stereocenters. The van der Waals surface area contributed by atoms with E-state index in [9.17, 15) is 25.2 Å². The van der Waals surface area contributed by atoms with Crippen LogP contribution in [0.1, 0.15) is 66.2 Å². The average molecular weight is 462 g/mol. The van der Waals surface area contributed by atoms with Crippen molar-refractivity contribution in [1.82, 2.24) is 4.90 Å². The van der Waals surface area contributed by atoms with Crippen LogP contribution in [0.2, 0.25) is 0 Å². The Morgan fingerprint density at radius 1 is 1.06 bits per heavy atom. The number of rotatable bonds is 10. The number of aliphatic hydroxyl groups excluding tert-OH is 4. The van der Waals surface area contributed by atoms with Crippen molar-refractivity contribution in [3.8, 4) is 0 Å². The van der Waals surface area contributed by atoms with Gasteiger partial charge in [-0.1, -0.05) is 34.1 Å². The Hall–Kier alpha value is -0.770. The maximum atomic E-state index is 12.4. The lowest BCUT2D eigenvalue weighted by molar-refractivity contribution is -0.144. The van der Waals surface area contributed by atoms with E-state index in [1.807, 2.05) is 6.92 Å². The first-order chi connectivity index (χ1) is 15.1. The van der Waals surface area contributed by atoms with Gasteiger partial charge >= 0.3 is 0 Å². The molecule has 0 aromatic carbocycles. The first-order valence-corrected chi connectivity index (χ1v) is 12.2. The van der Waals surface area contributed by atoms with Crippen molar-refractivity contribution in [2.24, 2.45) is 17.8 Å². The number of ether oxygens (including phenoxy) is 2. The number of carbonyl (C=O) groups excluding carboxylic acids is 1. The molecule has 0 aromatic rings. The molecular weight excluding hydrogens is 414 g/mol. The van der Waals surface area contributed by atoms with Crippen LogP contribution in [0.25, 0.3) is 0 Å². The van der Waals surface area contributed by atoms with Gasteiger partial charge in [0.1, 0.15) is 0 Å². The van der Waals surface area contributed by atoms with E-state index >= 15 is 0 Å². The van der Waals surface area contributed by atoms with Gasteiger partial charge in [-0.05, 0) is 31.6 Å². The molecule has 2 unspecified atom stereocenters. The van der Waals surface area contributed by atoms with E-state index < -0.39 is 18.3 Å². The average Bonchev–Trinajstić information content (AvgIpc) is 3.10. The smallest absolute Gasteiger partial charge is 0.222 e. The number of aliphatic hydroxyl groups is 4. The van der Waals surface area contributed by atoms with E-state index in [0.717, 1.165) is 25.2 Å². The van der Waals surface area contributed by atoms with Gasteiger partial charge in [0.2, 0.25) is 5.91 Å². The van der Waals surface area contributed by atoms with E-state index in [4.69, 9.17) is 9.47 Å². The fourth-order valence-electron chi connectivity index (χ4n) is 4.35. The fourth-order valence-corrected chi connectivity index (χ4v) is 4.35. The first kappa shape index (κ1) is 29.3. The van der Waals surface area contributed by atoms with Crippen LogP contribution in [-0.2, 0) is 14.3 Å². The largest absolute Gasteiger partial charge is 0.396 e. The molecule has 1 aliphatic carbocycles. The molecule has 1 saturated heterocycles. The second-order valence-electron chi connectivity index (χ2n) is 10.0. The zero-order valence-electron chi connectivity index (χ0n) is 20.7. The number of amides is 1. The molecule has 4 N–H and O–H groups in total. The van der Waals surface area contributed by atoms with E-state index in [1.165, 1.54) is 0 Å². The molecule has 2 aliphatic rings. The summed E-state index contributed by atoms with van der Waals surface area (Å²) in [6, 6.07) is -0.0372. The van der Waals surface area contributed by atoms with Gasteiger partial charge in [-0.2, -0.15) is 0 Å². The molecular formula is C24H47NO7. The zero-order chi connectivity index (χ0) is 24.3. The molecule has 0 spiro atoms. The van der Waals surface area contributed by atoms with Crippen molar-refractivity contribution < 1.29 is 34.7 Å². The molecule has 8 heteroatoms. The number of methoxy groups -OCH3 is 1. The Morgan fingerprint density at radius 2 is 1.72 bits per heavy atom. The van der Waals surface area contributed by atoms with Crippen molar-refractivity contribution in [3.63, 3.8) is 0 Å². The van der Waals surface area contributed by atoms with Crippen LogP contribution >= 0.6 is 0 Å². The maximum absolute atomic E-state index is 12.4. The number of nitrogens with zero attached hydrogens (tertiary/aromatic N) is 1. The third-order valence-corrected chi connectivity index (χ3v) is 6.17. The number of hydrogen-bond acceptors (Lipinski definition) is 7. The third kappa shape index (κ3) is 9.61. The molecule has 32 heavy (non-hydrogen) atoms. The molecule has 0 radical (unpaired) electrons. The first-order valence-electron chi connectivity index (χ1n) is 12.2. The highest BCUT2D eigenvalue weighted by Crippen LogP contribution is 2.31. The van der Waals surface area contributed by atoms with Crippen LogP contribution in [0, 0.1) is 17.8 Å². The highest BCUT2D eigenvalue weighted by atomic mass is 16.5. The highest BCUT2D eigenvalue weighted by Gasteiger charge is 2.41. The van der Waals surface area contributed by atoms with Gasteiger partial charge in [0.15, 0.2) is 0 Å². The highest BCUT2D eigenvalue weighted by molar-refractivity contribution is 5.76. The molecule has 0 bridgehead atoms. The summed E-state index contributed by atoms with van der Waals surface area (Å²) in [6.45, 7) is 9.55. The molecule has 1 heterocycles. The van der Waals surface area contributed by atoms with Crippen LogP contribution < -0.4 is 0 Å². The van der Waals surface area contributed by atoms with E-state index in [-0.39, 0.29) is 36.5 Å². The number of β-amino-alcohol motifs (C(OH)–C–C–N with tert-alkyl or cyclic N) is 1. The maximum Gasteiger partial charge on any atom is 0.222 e. The second kappa shape index (κ2) is 15.2. The van der Waals surface area contributed by atoms with Crippen LogP contribution in [-0.4, -0.2) is 95.2 Å². The summed E-state index contributed by atoms with van der Waals surface area (Å²) in [7, 11) is 1.60. The van der Waals surface area contributed by atoms with Gasteiger partial charge < -0.3 is 34.8 Å². The lowest BCUT2D eigenvalue weighted by Crippen LogP contribution is -2.50. The molecule has 8 nitrogen and oxygen atoms in total. The molecule has 2 rings (SSSR count). The summed E-state index contributed by atoms with van der Waals surface area (Å²) >= 11 is 0. The molecule has 0 aromatic heterocycles. The van der Waals surface area contributed by atoms with E-state index in [2.05, 4.69) is 20.8 Å². The predicted octanol–water partition coefficient (Wildman–Crippen LogP) is 1.57. The summed E-state index contributed by atoms with van der Waals surface area (Å²) in [4.78, 5) is 14.1. The summed E-state index contributed by atoms with van der Waals surface area (Å²) in [6.07, 6.45) is 1.54. The van der Waals surface area contributed by atoms with Crippen LogP contribution in [0.4, 0.5) is 0 Å². The lowest BCUT2D eigenvalue weighted by atomic mass is 9.77. The van der Waals surface area contributed by atoms with Crippen LogP contribution in [0.3, 0.4) is 0 Å². The number of unbranched alkanes of at least 4 members (excludes halogenated alkanes) is 2. The molecule has 1 aliphatic heterocycles. The molecule has 190 valence electrons. The molecule has 2 fully saturated rings. The van der Waals surface area contributed by atoms with Gasteiger partial charge in [0, 0.05) is 45.1 Å². The summed E-state index contributed by atoms with van der Waals surface area (Å²) in [5, 5.41) is 39.2. The van der Waals surface area contributed by atoms with Crippen LogP contribution in [0.15, 0.2) is 0 Å². The Balaban J connectivity index is 0.00000118. The van der Waals surface area contributed by atoms with Crippen molar-refractivity contribution in [1.29, 1.82) is 0 Å². The molecule has 1 saturated carbocycles. The topological polar surface area (TPSA) is 120 Å². The standard InChI is InChI=1S/C20H37NO7.C4H10/c1-13-17(8-14(11-22)20(26)19(13)25)28-7-5-3-4-6-18(24)21-10-16(23)9-15(21)12-27-2;1-4(2)3/h13-17,19-20,22-23,25-26H,3-12H2,1-2H3;4H,1-3H3/t13?,14?,15-,16+,17+,19+,20-;/m0./s1. The van der Waals surface area contributed by atoms with Crippen molar-refractivity contribution >= 4 is 5.91 Å². The Morgan fingerprint density at radius 3 is 2.31 bits per heavy atom. The lowest BCUT2D eigenvalue weighted by Gasteiger charge is -2.40.